The van der Waals surface area contributed by atoms with E-state index >= 15 is 0 Å². The molecule has 2 N–H and O–H groups in total. The van der Waals surface area contributed by atoms with Crippen molar-refractivity contribution in [3.63, 3.8) is 0 Å². The fraction of sp³-hybridized carbons (Fsp3) is 0.474. The first-order valence-electron chi connectivity index (χ1n) is 7.71. The third-order valence-corrected chi connectivity index (χ3v) is 4.18. The Hall–Kier alpha value is -1.35. The number of H-pyrrole nitrogens is 1. The van der Waals surface area contributed by atoms with E-state index in [1.54, 1.807) is 0 Å². The Morgan fingerprint density at radius 1 is 0.909 bits per heavy atom. The summed E-state index contributed by atoms with van der Waals surface area (Å²) in [6.07, 6.45) is 2.83. The van der Waals surface area contributed by atoms with Gasteiger partial charge >= 0.3 is 0 Å². The molecule has 0 bridgehead atoms. The topological polar surface area (TPSA) is 36.0 Å². The van der Waals surface area contributed by atoms with E-state index in [2.05, 4.69) is 71.3 Å². The van der Waals surface area contributed by atoms with Crippen molar-refractivity contribution in [1.82, 2.24) is 4.98 Å². The Kier molecular flexibility index (Phi) is 4.40. The van der Waals surface area contributed by atoms with Gasteiger partial charge in [-0.2, -0.15) is 0 Å². The van der Waals surface area contributed by atoms with Gasteiger partial charge in [-0.15, -0.1) is 12.6 Å². The second kappa shape index (κ2) is 5.69. The molecule has 0 aliphatic heterocycles. The normalized spacial score (nSPS) is 12.7. The Bertz CT molecular complexity index is 636. The first kappa shape index (κ1) is 17.0. The van der Waals surface area contributed by atoms with E-state index in [0.29, 0.717) is 5.75 Å². The number of phenols is 1. The van der Waals surface area contributed by atoms with Gasteiger partial charge in [0.2, 0.25) is 0 Å². The second-order valence-corrected chi connectivity index (χ2v) is 8.59. The maximum absolute atomic E-state index is 10.7. The molecule has 3 heteroatoms. The lowest BCUT2D eigenvalue weighted by Gasteiger charge is -2.28. The Balaban J connectivity index is 2.55. The van der Waals surface area contributed by atoms with Crippen molar-refractivity contribution in [2.75, 3.05) is 0 Å². The standard InChI is InChI=1S/C19H27NOS/c1-18(2,3)14-8-12(7-13-10-16(22)20-11-13)9-15(17(14)21)19(4,5)6/h8-11,20-22H,7H2,1-6H3. The van der Waals surface area contributed by atoms with Gasteiger partial charge in [-0.05, 0) is 45.6 Å². The maximum atomic E-state index is 10.7. The first-order chi connectivity index (χ1) is 9.98. The number of aromatic nitrogens is 1. The quantitative estimate of drug-likeness (QED) is 0.655. The highest BCUT2D eigenvalue weighted by molar-refractivity contribution is 7.80. The summed E-state index contributed by atoms with van der Waals surface area (Å²) < 4.78 is 0. The van der Waals surface area contributed by atoms with E-state index in [9.17, 15) is 5.11 Å². The summed E-state index contributed by atoms with van der Waals surface area (Å²) in [6, 6.07) is 6.31. The lowest BCUT2D eigenvalue weighted by atomic mass is 9.78. The van der Waals surface area contributed by atoms with E-state index in [0.717, 1.165) is 22.6 Å². The number of rotatable bonds is 2. The molecule has 0 amide bonds. The SMILES string of the molecule is CC(C)(C)c1cc(Cc2c[nH]c(S)c2)cc(C(C)(C)C)c1O. The predicted octanol–water partition coefficient (Wildman–Crippen LogP) is 5.19. The summed E-state index contributed by atoms with van der Waals surface area (Å²) in [5, 5.41) is 11.6. The first-order valence-corrected chi connectivity index (χ1v) is 8.16. The number of phenolic OH excluding ortho intramolecular Hbond substituents is 1. The van der Waals surface area contributed by atoms with Crippen LogP contribution in [-0.4, -0.2) is 10.1 Å². The van der Waals surface area contributed by atoms with Crippen molar-refractivity contribution in [3.8, 4) is 5.75 Å². The van der Waals surface area contributed by atoms with Gasteiger partial charge in [-0.3, -0.25) is 0 Å². The van der Waals surface area contributed by atoms with Crippen molar-refractivity contribution in [1.29, 1.82) is 0 Å². The zero-order valence-corrected chi connectivity index (χ0v) is 15.3. The van der Waals surface area contributed by atoms with Crippen molar-refractivity contribution in [2.45, 2.75) is 63.8 Å². The van der Waals surface area contributed by atoms with E-state index in [1.165, 1.54) is 11.1 Å². The van der Waals surface area contributed by atoms with Crippen LogP contribution in [0.1, 0.15) is 63.8 Å². The van der Waals surface area contributed by atoms with Crippen molar-refractivity contribution < 1.29 is 5.11 Å². The third-order valence-electron chi connectivity index (χ3n) is 3.92. The van der Waals surface area contributed by atoms with Crippen LogP contribution in [0, 0.1) is 0 Å². The fourth-order valence-electron chi connectivity index (χ4n) is 2.70. The highest BCUT2D eigenvalue weighted by Gasteiger charge is 2.26. The molecule has 2 rings (SSSR count). The van der Waals surface area contributed by atoms with Gasteiger partial charge in [-0.1, -0.05) is 53.7 Å². The molecule has 1 aromatic carbocycles. The number of hydrogen-bond donors (Lipinski definition) is 3. The van der Waals surface area contributed by atoms with E-state index < -0.39 is 0 Å². The zero-order valence-electron chi connectivity index (χ0n) is 14.4. The smallest absolute Gasteiger partial charge is 0.123 e. The van der Waals surface area contributed by atoms with Crippen LogP contribution in [0.5, 0.6) is 5.75 Å². The molecule has 0 spiro atoms. The highest BCUT2D eigenvalue weighted by Crippen LogP contribution is 2.40. The molecule has 1 heterocycles. The van der Waals surface area contributed by atoms with Crippen LogP contribution < -0.4 is 0 Å². The van der Waals surface area contributed by atoms with Crippen LogP contribution in [0.4, 0.5) is 0 Å². The molecule has 0 saturated heterocycles. The van der Waals surface area contributed by atoms with Crippen LogP contribution in [0.15, 0.2) is 29.4 Å². The van der Waals surface area contributed by atoms with Crippen molar-refractivity contribution in [3.05, 3.63) is 46.6 Å². The molecule has 0 fully saturated rings. The minimum absolute atomic E-state index is 0.0903. The minimum Gasteiger partial charge on any atom is -0.507 e. The Morgan fingerprint density at radius 2 is 1.41 bits per heavy atom. The molecule has 22 heavy (non-hydrogen) atoms. The number of aromatic hydroxyl groups is 1. The van der Waals surface area contributed by atoms with E-state index in [4.69, 9.17) is 0 Å². The average molecular weight is 317 g/mol. The van der Waals surface area contributed by atoms with Gasteiger partial charge in [-0.25, -0.2) is 0 Å². The zero-order chi connectivity index (χ0) is 16.7. The average Bonchev–Trinajstić information content (AvgIpc) is 2.74. The molecule has 0 radical (unpaired) electrons. The van der Waals surface area contributed by atoms with Gasteiger partial charge in [0.1, 0.15) is 5.75 Å². The molecule has 0 unspecified atom stereocenters. The molecule has 0 aliphatic rings. The van der Waals surface area contributed by atoms with Gasteiger partial charge in [0, 0.05) is 6.20 Å². The molecule has 2 nitrogen and oxygen atoms in total. The monoisotopic (exact) mass is 317 g/mol. The molecule has 0 aliphatic carbocycles. The van der Waals surface area contributed by atoms with Gasteiger partial charge in [0.15, 0.2) is 0 Å². The van der Waals surface area contributed by atoms with E-state index in [1.807, 2.05) is 12.3 Å². The minimum atomic E-state index is -0.0903. The summed E-state index contributed by atoms with van der Waals surface area (Å²) in [5.74, 6) is 0.438. The number of benzene rings is 1. The number of nitrogens with one attached hydrogen (secondary N) is 1. The maximum Gasteiger partial charge on any atom is 0.123 e. The van der Waals surface area contributed by atoms with E-state index in [-0.39, 0.29) is 10.8 Å². The summed E-state index contributed by atoms with van der Waals surface area (Å²) in [4.78, 5) is 3.10. The molecule has 1 aromatic heterocycles. The number of aromatic amines is 1. The number of thiol groups is 1. The molecule has 120 valence electrons. The van der Waals surface area contributed by atoms with Crippen LogP contribution in [0.25, 0.3) is 0 Å². The van der Waals surface area contributed by atoms with Crippen LogP contribution >= 0.6 is 12.6 Å². The summed E-state index contributed by atoms with van der Waals surface area (Å²) >= 11 is 4.32. The largest absolute Gasteiger partial charge is 0.507 e. The van der Waals surface area contributed by atoms with Crippen molar-refractivity contribution in [2.24, 2.45) is 0 Å². The van der Waals surface area contributed by atoms with Gasteiger partial charge < -0.3 is 10.1 Å². The third kappa shape index (κ3) is 3.70. The summed E-state index contributed by atoms with van der Waals surface area (Å²) in [5.41, 5.74) is 4.27. The van der Waals surface area contributed by atoms with Crippen LogP contribution in [-0.2, 0) is 17.3 Å². The van der Waals surface area contributed by atoms with Crippen LogP contribution in [0.2, 0.25) is 0 Å². The predicted molar refractivity (Wildman–Crippen MR) is 96.4 cm³/mol. The second-order valence-electron chi connectivity index (χ2n) is 8.11. The molecular weight excluding hydrogens is 290 g/mol. The molecule has 2 aromatic rings. The Morgan fingerprint density at radius 3 is 1.77 bits per heavy atom. The molecular formula is C19H27NOS. The molecule has 0 atom stereocenters. The molecule has 0 saturated carbocycles. The van der Waals surface area contributed by atoms with Crippen LogP contribution in [0.3, 0.4) is 0 Å². The lowest BCUT2D eigenvalue weighted by Crippen LogP contribution is -2.18. The lowest BCUT2D eigenvalue weighted by molar-refractivity contribution is 0.423. The summed E-state index contributed by atoms with van der Waals surface area (Å²) in [7, 11) is 0. The van der Waals surface area contributed by atoms with Gasteiger partial charge in [0.05, 0.1) is 5.03 Å². The van der Waals surface area contributed by atoms with Crippen molar-refractivity contribution >= 4 is 12.6 Å². The number of hydrogen-bond acceptors (Lipinski definition) is 2. The Labute approximate surface area is 139 Å². The summed E-state index contributed by atoms with van der Waals surface area (Å²) in [6.45, 7) is 12.8. The fourth-order valence-corrected chi connectivity index (χ4v) is 2.93. The van der Waals surface area contributed by atoms with Gasteiger partial charge in [0.25, 0.3) is 0 Å². The highest BCUT2D eigenvalue weighted by atomic mass is 32.1.